The lowest BCUT2D eigenvalue weighted by Gasteiger charge is -2.32. The third-order valence-electron chi connectivity index (χ3n) is 4.20. The molecule has 0 saturated carbocycles. The summed E-state index contributed by atoms with van der Waals surface area (Å²) in [6.07, 6.45) is 0.0185. The molecule has 2 atom stereocenters. The topological polar surface area (TPSA) is 77.8 Å². The zero-order valence-corrected chi connectivity index (χ0v) is 12.8. The standard InChI is InChI=1S/C16H21NO4/c1-5-13(18)10-6-7-12-11(8-10)9(2)14(19)17(12)16(3,4)15(20)21/h6-9,13,18H,5H2,1-4H3,(H,20,21). The van der Waals surface area contributed by atoms with Crippen molar-refractivity contribution >= 4 is 17.6 Å². The second kappa shape index (κ2) is 5.15. The zero-order valence-electron chi connectivity index (χ0n) is 12.8. The molecule has 1 aliphatic heterocycles. The number of hydrogen-bond donors (Lipinski definition) is 2. The summed E-state index contributed by atoms with van der Waals surface area (Å²) in [5, 5.41) is 19.3. The van der Waals surface area contributed by atoms with Gasteiger partial charge in [0.25, 0.3) is 0 Å². The van der Waals surface area contributed by atoms with E-state index in [9.17, 15) is 19.8 Å². The zero-order chi connectivity index (χ0) is 15.9. The Morgan fingerprint density at radius 3 is 2.57 bits per heavy atom. The Morgan fingerprint density at radius 2 is 2.05 bits per heavy atom. The van der Waals surface area contributed by atoms with Crippen molar-refractivity contribution in [1.82, 2.24) is 0 Å². The predicted molar refractivity (Wildman–Crippen MR) is 79.3 cm³/mol. The summed E-state index contributed by atoms with van der Waals surface area (Å²) in [5.41, 5.74) is 0.846. The van der Waals surface area contributed by atoms with Gasteiger partial charge < -0.3 is 10.2 Å². The fourth-order valence-corrected chi connectivity index (χ4v) is 2.68. The number of amides is 1. The lowest BCUT2D eigenvalue weighted by Crippen LogP contribution is -2.52. The molecule has 0 saturated heterocycles. The highest BCUT2D eigenvalue weighted by Gasteiger charge is 2.46. The minimum absolute atomic E-state index is 0.222. The van der Waals surface area contributed by atoms with Crippen LogP contribution in [0.5, 0.6) is 0 Å². The Labute approximate surface area is 124 Å². The van der Waals surface area contributed by atoms with Crippen LogP contribution in [0.3, 0.4) is 0 Å². The maximum atomic E-state index is 12.5. The van der Waals surface area contributed by atoms with Gasteiger partial charge in [-0.05, 0) is 44.4 Å². The Hall–Kier alpha value is -1.88. The number of carboxylic acids is 1. The van der Waals surface area contributed by atoms with E-state index in [4.69, 9.17) is 0 Å². The largest absolute Gasteiger partial charge is 0.480 e. The van der Waals surface area contributed by atoms with Crippen molar-refractivity contribution in [2.75, 3.05) is 4.90 Å². The van der Waals surface area contributed by atoms with Crippen molar-refractivity contribution in [3.63, 3.8) is 0 Å². The maximum Gasteiger partial charge on any atom is 0.329 e. The van der Waals surface area contributed by atoms with Gasteiger partial charge >= 0.3 is 5.97 Å². The van der Waals surface area contributed by atoms with E-state index in [1.54, 1.807) is 19.1 Å². The van der Waals surface area contributed by atoms with Crippen LogP contribution in [0, 0.1) is 0 Å². The lowest BCUT2D eigenvalue weighted by atomic mass is 9.97. The molecule has 0 spiro atoms. The number of carbonyl (C=O) groups is 2. The van der Waals surface area contributed by atoms with Crippen LogP contribution in [0.1, 0.15) is 57.3 Å². The van der Waals surface area contributed by atoms with Crippen molar-refractivity contribution < 1.29 is 19.8 Å². The molecule has 2 unspecified atom stereocenters. The fraction of sp³-hybridized carbons (Fsp3) is 0.500. The number of anilines is 1. The van der Waals surface area contributed by atoms with Crippen molar-refractivity contribution in [3.05, 3.63) is 29.3 Å². The molecule has 5 nitrogen and oxygen atoms in total. The van der Waals surface area contributed by atoms with Gasteiger partial charge in [-0.3, -0.25) is 9.69 Å². The maximum absolute atomic E-state index is 12.5. The molecule has 5 heteroatoms. The number of benzene rings is 1. The quantitative estimate of drug-likeness (QED) is 0.893. The minimum atomic E-state index is -1.30. The number of hydrogen-bond acceptors (Lipinski definition) is 3. The van der Waals surface area contributed by atoms with Crippen LogP contribution in [0.25, 0.3) is 0 Å². The number of aliphatic carboxylic acids is 1. The number of rotatable bonds is 4. The van der Waals surface area contributed by atoms with Crippen LogP contribution in [0.4, 0.5) is 5.69 Å². The highest BCUT2D eigenvalue weighted by Crippen LogP contribution is 2.42. The van der Waals surface area contributed by atoms with E-state index in [1.165, 1.54) is 18.7 Å². The molecule has 0 radical (unpaired) electrons. The first-order valence-corrected chi connectivity index (χ1v) is 7.11. The molecule has 0 aliphatic carbocycles. The smallest absolute Gasteiger partial charge is 0.329 e. The normalized spacial score (nSPS) is 19.6. The first kappa shape index (κ1) is 15.5. The summed E-state index contributed by atoms with van der Waals surface area (Å²) in [6, 6.07) is 5.29. The highest BCUT2D eigenvalue weighted by atomic mass is 16.4. The van der Waals surface area contributed by atoms with E-state index in [0.29, 0.717) is 12.1 Å². The third-order valence-corrected chi connectivity index (χ3v) is 4.20. The summed E-state index contributed by atoms with van der Waals surface area (Å²) >= 11 is 0. The van der Waals surface area contributed by atoms with Gasteiger partial charge in [0.1, 0.15) is 5.54 Å². The number of carboxylic acid groups (broad SMARTS) is 1. The molecule has 1 aromatic rings. The molecule has 1 heterocycles. The summed E-state index contributed by atoms with van der Waals surface area (Å²) in [6.45, 7) is 6.68. The van der Waals surface area contributed by atoms with Gasteiger partial charge in [0.15, 0.2) is 0 Å². The molecule has 0 aromatic heterocycles. The average molecular weight is 291 g/mol. The molecule has 2 rings (SSSR count). The third kappa shape index (κ3) is 2.31. The Kier molecular flexibility index (Phi) is 3.80. The summed E-state index contributed by atoms with van der Waals surface area (Å²) in [7, 11) is 0. The number of nitrogens with zero attached hydrogens (tertiary/aromatic N) is 1. The average Bonchev–Trinajstić information content (AvgIpc) is 2.70. The summed E-state index contributed by atoms with van der Waals surface area (Å²) < 4.78 is 0. The second-order valence-corrected chi connectivity index (χ2v) is 6.00. The lowest BCUT2D eigenvalue weighted by molar-refractivity contribution is -0.143. The monoisotopic (exact) mass is 291 g/mol. The Morgan fingerprint density at radius 1 is 1.43 bits per heavy atom. The van der Waals surface area contributed by atoms with Crippen molar-refractivity contribution in [2.45, 2.75) is 51.7 Å². The van der Waals surface area contributed by atoms with Gasteiger partial charge in [-0.15, -0.1) is 0 Å². The van der Waals surface area contributed by atoms with Crippen molar-refractivity contribution in [2.24, 2.45) is 0 Å². The van der Waals surface area contributed by atoms with E-state index in [0.717, 1.165) is 11.1 Å². The first-order valence-electron chi connectivity index (χ1n) is 7.11. The second-order valence-electron chi connectivity index (χ2n) is 6.00. The molecular weight excluding hydrogens is 270 g/mol. The Balaban J connectivity index is 2.54. The number of aliphatic hydroxyl groups is 1. The fourth-order valence-electron chi connectivity index (χ4n) is 2.68. The molecule has 1 amide bonds. The molecule has 1 aromatic carbocycles. The number of carbonyl (C=O) groups excluding carboxylic acids is 1. The molecule has 0 fully saturated rings. The SMILES string of the molecule is CCC(O)c1ccc2c(c1)C(C)C(=O)N2C(C)(C)C(=O)O. The summed E-state index contributed by atoms with van der Waals surface area (Å²) in [5.74, 6) is -1.67. The van der Waals surface area contributed by atoms with Crippen molar-refractivity contribution in [1.29, 1.82) is 0 Å². The van der Waals surface area contributed by atoms with Gasteiger partial charge in [-0.1, -0.05) is 19.1 Å². The number of aliphatic hydroxyl groups excluding tert-OH is 1. The van der Waals surface area contributed by atoms with Crippen molar-refractivity contribution in [3.8, 4) is 0 Å². The molecule has 2 N–H and O–H groups in total. The molecule has 114 valence electrons. The predicted octanol–water partition coefficient (Wildman–Crippen LogP) is 2.44. The molecule has 21 heavy (non-hydrogen) atoms. The van der Waals surface area contributed by atoms with E-state index in [2.05, 4.69) is 0 Å². The highest BCUT2D eigenvalue weighted by molar-refractivity contribution is 6.09. The minimum Gasteiger partial charge on any atom is -0.480 e. The van der Waals surface area contributed by atoms with Gasteiger partial charge in [0, 0.05) is 5.69 Å². The number of fused-ring (bicyclic) bond motifs is 1. The first-order chi connectivity index (χ1) is 9.71. The van der Waals surface area contributed by atoms with E-state index in [-0.39, 0.29) is 5.91 Å². The van der Waals surface area contributed by atoms with Crippen LogP contribution in [0.15, 0.2) is 18.2 Å². The van der Waals surface area contributed by atoms with Crippen LogP contribution in [-0.2, 0) is 9.59 Å². The molecular formula is C16H21NO4. The van der Waals surface area contributed by atoms with E-state index >= 15 is 0 Å². The van der Waals surface area contributed by atoms with Gasteiger partial charge in [0.05, 0.1) is 12.0 Å². The molecule has 0 bridgehead atoms. The van der Waals surface area contributed by atoms with E-state index < -0.39 is 23.5 Å². The van der Waals surface area contributed by atoms with Crippen LogP contribution < -0.4 is 4.90 Å². The van der Waals surface area contributed by atoms with Crippen LogP contribution >= 0.6 is 0 Å². The van der Waals surface area contributed by atoms with Gasteiger partial charge in [0.2, 0.25) is 5.91 Å². The summed E-state index contributed by atoms with van der Waals surface area (Å²) in [4.78, 5) is 25.3. The molecule has 1 aliphatic rings. The van der Waals surface area contributed by atoms with Gasteiger partial charge in [-0.25, -0.2) is 4.79 Å². The Bertz CT molecular complexity index is 594. The van der Waals surface area contributed by atoms with Gasteiger partial charge in [-0.2, -0.15) is 0 Å². The van der Waals surface area contributed by atoms with Crippen LogP contribution in [-0.4, -0.2) is 27.6 Å². The van der Waals surface area contributed by atoms with Crippen LogP contribution in [0.2, 0.25) is 0 Å². The van der Waals surface area contributed by atoms with E-state index in [1.807, 2.05) is 13.0 Å².